The molecule has 0 saturated carbocycles. The van der Waals surface area contributed by atoms with Crippen molar-refractivity contribution in [1.29, 1.82) is 0 Å². The van der Waals surface area contributed by atoms with Crippen LogP contribution in [0.15, 0.2) is 59.2 Å². The van der Waals surface area contributed by atoms with E-state index in [1.807, 2.05) is 47.8 Å². The van der Waals surface area contributed by atoms with Crippen LogP contribution < -0.4 is 0 Å². The zero-order chi connectivity index (χ0) is 20.8. The van der Waals surface area contributed by atoms with Crippen LogP contribution in [0.4, 0.5) is 0 Å². The van der Waals surface area contributed by atoms with E-state index < -0.39 is 11.9 Å². The number of hydrogen-bond donors (Lipinski definition) is 1. The van der Waals surface area contributed by atoms with Gasteiger partial charge in [0.05, 0.1) is 11.6 Å². The van der Waals surface area contributed by atoms with Gasteiger partial charge in [0.1, 0.15) is 0 Å². The highest BCUT2D eigenvalue weighted by atomic mass is 32.1. The Bertz CT molecular complexity index is 858. The minimum Gasteiger partial charge on any atom is -0.503 e. The highest BCUT2D eigenvalue weighted by Crippen LogP contribution is 2.40. The Morgan fingerprint density at radius 1 is 1.14 bits per heavy atom. The molecule has 0 spiro atoms. The Morgan fingerprint density at radius 3 is 2.48 bits per heavy atom. The number of thiophene rings is 1. The number of carbonyl (C=O) groups is 2. The average Bonchev–Trinajstić information content (AvgIpc) is 3.36. The van der Waals surface area contributed by atoms with Crippen LogP contribution in [0.25, 0.3) is 0 Å². The number of rotatable bonds is 10. The second-order valence-electron chi connectivity index (χ2n) is 7.11. The second-order valence-corrected chi connectivity index (χ2v) is 8.09. The zero-order valence-corrected chi connectivity index (χ0v) is 17.8. The molecule has 5 nitrogen and oxygen atoms in total. The van der Waals surface area contributed by atoms with Gasteiger partial charge in [0.2, 0.25) is 0 Å². The molecule has 0 radical (unpaired) electrons. The van der Waals surface area contributed by atoms with Crippen LogP contribution in [0.1, 0.15) is 36.8 Å². The largest absolute Gasteiger partial charge is 0.503 e. The first-order valence-corrected chi connectivity index (χ1v) is 11.0. The second kappa shape index (κ2) is 9.85. The van der Waals surface area contributed by atoms with E-state index >= 15 is 0 Å². The molecule has 1 aliphatic rings. The summed E-state index contributed by atoms with van der Waals surface area (Å²) in [4.78, 5) is 30.7. The standard InChI is InChI=1S/C23H28N2O3S/c1-3-24(4-2)14-15-25-21(19-11-8-16-29-19)20(22(27)23(25)28)18(26)13-12-17-9-6-5-7-10-17/h5-11,16,21,27H,3-4,12-15H2,1-2H3. The SMILES string of the molecule is CCN(CC)CCN1C(=O)C(O)=C(C(=O)CCc2ccccc2)C1c1cccs1. The van der Waals surface area contributed by atoms with E-state index in [0.29, 0.717) is 19.5 Å². The number of aliphatic hydroxyl groups excluding tert-OH is 1. The molecule has 2 heterocycles. The molecule has 2 aromatic rings. The molecule has 6 heteroatoms. The predicted octanol–water partition coefficient (Wildman–Crippen LogP) is 3.99. The summed E-state index contributed by atoms with van der Waals surface area (Å²) in [5.74, 6) is -0.997. The molecule has 154 valence electrons. The van der Waals surface area contributed by atoms with Crippen molar-refractivity contribution >= 4 is 23.0 Å². The maximum absolute atomic E-state index is 13.1. The first kappa shape index (κ1) is 21.3. The number of benzene rings is 1. The Kier molecular flexibility index (Phi) is 7.23. The van der Waals surface area contributed by atoms with Gasteiger partial charge in [-0.25, -0.2) is 0 Å². The van der Waals surface area contributed by atoms with Gasteiger partial charge in [-0.15, -0.1) is 11.3 Å². The molecule has 0 fully saturated rings. The topological polar surface area (TPSA) is 60.9 Å². The summed E-state index contributed by atoms with van der Waals surface area (Å²) in [6.07, 6.45) is 0.851. The molecule has 3 rings (SSSR count). The molecule has 1 aliphatic heterocycles. The number of aliphatic hydroxyl groups is 1. The minimum absolute atomic E-state index is 0.163. The van der Waals surface area contributed by atoms with Gasteiger partial charge < -0.3 is 14.9 Å². The van der Waals surface area contributed by atoms with Crippen molar-refractivity contribution in [2.75, 3.05) is 26.2 Å². The van der Waals surface area contributed by atoms with E-state index in [1.165, 1.54) is 11.3 Å². The van der Waals surface area contributed by atoms with Crippen molar-refractivity contribution in [3.05, 3.63) is 69.6 Å². The van der Waals surface area contributed by atoms with Gasteiger partial charge in [-0.05, 0) is 36.5 Å². The Hall–Kier alpha value is -2.44. The maximum Gasteiger partial charge on any atom is 0.290 e. The minimum atomic E-state index is -0.499. The lowest BCUT2D eigenvalue weighted by molar-refractivity contribution is -0.129. The van der Waals surface area contributed by atoms with Crippen molar-refractivity contribution in [1.82, 2.24) is 9.80 Å². The highest BCUT2D eigenvalue weighted by molar-refractivity contribution is 7.10. The molecule has 1 amide bonds. The fourth-order valence-corrected chi connectivity index (χ4v) is 4.58. The molecule has 1 atom stereocenters. The fraction of sp³-hybridized carbons (Fsp3) is 0.391. The summed E-state index contributed by atoms with van der Waals surface area (Å²) in [6, 6.07) is 13.1. The lowest BCUT2D eigenvalue weighted by Crippen LogP contribution is -2.38. The van der Waals surface area contributed by atoms with Gasteiger partial charge in [0.15, 0.2) is 11.5 Å². The third-order valence-corrected chi connectivity index (χ3v) is 6.38. The van der Waals surface area contributed by atoms with Crippen molar-refractivity contribution < 1.29 is 14.7 Å². The monoisotopic (exact) mass is 412 g/mol. The van der Waals surface area contributed by atoms with E-state index in [2.05, 4.69) is 18.7 Å². The highest BCUT2D eigenvalue weighted by Gasteiger charge is 2.43. The summed E-state index contributed by atoms with van der Waals surface area (Å²) in [6.45, 7) is 7.14. The molecule has 1 aromatic heterocycles. The number of carbonyl (C=O) groups excluding carboxylic acids is 2. The van der Waals surface area contributed by atoms with Gasteiger partial charge in [-0.3, -0.25) is 9.59 Å². The lowest BCUT2D eigenvalue weighted by atomic mass is 9.97. The van der Waals surface area contributed by atoms with E-state index in [1.54, 1.807) is 4.90 Å². The van der Waals surface area contributed by atoms with E-state index in [-0.39, 0.29) is 23.5 Å². The lowest BCUT2D eigenvalue weighted by Gasteiger charge is -2.28. The maximum atomic E-state index is 13.1. The fourth-order valence-electron chi connectivity index (χ4n) is 3.74. The third-order valence-electron chi connectivity index (χ3n) is 5.45. The van der Waals surface area contributed by atoms with Crippen molar-refractivity contribution in [3.63, 3.8) is 0 Å². The quantitative estimate of drug-likeness (QED) is 0.641. The number of ketones is 1. The Morgan fingerprint density at radius 2 is 1.86 bits per heavy atom. The number of nitrogens with zero attached hydrogens (tertiary/aromatic N) is 2. The van der Waals surface area contributed by atoms with Crippen molar-refractivity contribution in [3.8, 4) is 0 Å². The summed E-state index contributed by atoms with van der Waals surface area (Å²) >= 11 is 1.50. The predicted molar refractivity (Wildman–Crippen MR) is 116 cm³/mol. The summed E-state index contributed by atoms with van der Waals surface area (Å²) in [5, 5.41) is 12.5. The van der Waals surface area contributed by atoms with Crippen LogP contribution in [-0.4, -0.2) is 52.8 Å². The van der Waals surface area contributed by atoms with E-state index in [0.717, 1.165) is 23.5 Å². The third kappa shape index (κ3) is 4.77. The van der Waals surface area contributed by atoms with Crippen LogP contribution in [-0.2, 0) is 16.0 Å². The molecule has 1 unspecified atom stereocenters. The first-order chi connectivity index (χ1) is 14.1. The zero-order valence-electron chi connectivity index (χ0n) is 17.0. The Labute approximate surface area is 176 Å². The molecule has 0 aliphatic carbocycles. The van der Waals surface area contributed by atoms with Crippen molar-refractivity contribution in [2.24, 2.45) is 0 Å². The molecule has 1 aromatic carbocycles. The van der Waals surface area contributed by atoms with Gasteiger partial charge in [0, 0.05) is 24.4 Å². The summed E-state index contributed by atoms with van der Waals surface area (Å²) in [7, 11) is 0. The van der Waals surface area contributed by atoms with Crippen molar-refractivity contribution in [2.45, 2.75) is 32.7 Å². The summed E-state index contributed by atoms with van der Waals surface area (Å²) in [5.41, 5.74) is 1.31. The van der Waals surface area contributed by atoms with Gasteiger partial charge in [-0.2, -0.15) is 0 Å². The average molecular weight is 413 g/mol. The number of aryl methyl sites for hydroxylation is 1. The molecular weight excluding hydrogens is 384 g/mol. The molecular formula is C23H28N2O3S. The van der Waals surface area contributed by atoms with Gasteiger partial charge in [-0.1, -0.05) is 50.2 Å². The molecule has 0 bridgehead atoms. The molecule has 1 N–H and O–H groups in total. The Balaban J connectivity index is 1.81. The van der Waals surface area contributed by atoms with Crippen LogP contribution in [0.2, 0.25) is 0 Å². The normalized spacial score (nSPS) is 16.9. The van der Waals surface area contributed by atoms with Crippen LogP contribution in [0.3, 0.4) is 0 Å². The molecule has 0 saturated heterocycles. The van der Waals surface area contributed by atoms with Crippen LogP contribution >= 0.6 is 11.3 Å². The van der Waals surface area contributed by atoms with Gasteiger partial charge >= 0.3 is 0 Å². The smallest absolute Gasteiger partial charge is 0.290 e. The van der Waals surface area contributed by atoms with E-state index in [9.17, 15) is 14.7 Å². The number of Topliss-reactive ketones (excluding diaryl/α,β-unsaturated/α-hetero) is 1. The van der Waals surface area contributed by atoms with Crippen LogP contribution in [0, 0.1) is 0 Å². The van der Waals surface area contributed by atoms with Crippen LogP contribution in [0.5, 0.6) is 0 Å². The number of hydrogen-bond acceptors (Lipinski definition) is 5. The number of likely N-dealkylation sites (N-methyl/N-ethyl adjacent to an activating group) is 1. The number of amides is 1. The van der Waals surface area contributed by atoms with Gasteiger partial charge in [0.25, 0.3) is 5.91 Å². The molecule has 29 heavy (non-hydrogen) atoms. The first-order valence-electron chi connectivity index (χ1n) is 10.1. The van der Waals surface area contributed by atoms with E-state index in [4.69, 9.17) is 0 Å². The summed E-state index contributed by atoms with van der Waals surface area (Å²) < 4.78 is 0.